The Morgan fingerprint density at radius 1 is 1.38 bits per heavy atom. The van der Waals surface area contributed by atoms with Gasteiger partial charge >= 0.3 is 6.18 Å². The first kappa shape index (κ1) is 16.0. The van der Waals surface area contributed by atoms with Gasteiger partial charge in [-0.3, -0.25) is 0 Å². The van der Waals surface area contributed by atoms with Gasteiger partial charge < -0.3 is 4.90 Å². The van der Waals surface area contributed by atoms with Gasteiger partial charge in [0.25, 0.3) is 0 Å². The Labute approximate surface area is 121 Å². The van der Waals surface area contributed by atoms with Crippen LogP contribution in [0, 0.1) is 0 Å². The summed E-state index contributed by atoms with van der Waals surface area (Å²) in [5.74, 6) is 0. The Morgan fingerprint density at radius 2 is 2.10 bits per heavy atom. The van der Waals surface area contributed by atoms with Gasteiger partial charge in [0.1, 0.15) is 5.69 Å². The van der Waals surface area contributed by atoms with Crippen LogP contribution in [-0.4, -0.2) is 38.8 Å². The van der Waals surface area contributed by atoms with Crippen LogP contribution in [0.3, 0.4) is 0 Å². The van der Waals surface area contributed by atoms with Crippen molar-refractivity contribution in [2.75, 3.05) is 24.2 Å². The predicted octanol–water partition coefficient (Wildman–Crippen LogP) is 1.62. The summed E-state index contributed by atoms with van der Waals surface area (Å²) in [6, 6.07) is 2.05. The largest absolute Gasteiger partial charge is 0.433 e. The van der Waals surface area contributed by atoms with E-state index in [9.17, 15) is 21.6 Å². The summed E-state index contributed by atoms with van der Waals surface area (Å²) in [6.07, 6.45) is -0.732. The third-order valence-electron chi connectivity index (χ3n) is 3.21. The maximum atomic E-state index is 12.5. The summed E-state index contributed by atoms with van der Waals surface area (Å²) in [4.78, 5) is 5.25. The van der Waals surface area contributed by atoms with Crippen LogP contribution in [-0.2, 0) is 16.2 Å². The molecule has 0 amide bonds. The van der Waals surface area contributed by atoms with Crippen LogP contribution in [0.1, 0.15) is 18.5 Å². The molecule has 1 aromatic heterocycles. The van der Waals surface area contributed by atoms with Gasteiger partial charge in [0.15, 0.2) is 0 Å². The lowest BCUT2D eigenvalue weighted by Crippen LogP contribution is -2.47. The van der Waals surface area contributed by atoms with Crippen LogP contribution in [0.2, 0.25) is 0 Å². The summed E-state index contributed by atoms with van der Waals surface area (Å²) >= 11 is 0. The zero-order valence-electron chi connectivity index (χ0n) is 11.4. The van der Waals surface area contributed by atoms with Crippen LogP contribution in [0.25, 0.3) is 0 Å². The first-order valence-corrected chi connectivity index (χ1v) is 8.30. The number of hydrogen-bond acceptors (Lipinski definition) is 4. The third kappa shape index (κ3) is 4.57. The Balaban J connectivity index is 2.08. The molecule has 1 aliphatic heterocycles. The second kappa shape index (κ2) is 5.80. The average molecular weight is 323 g/mol. The van der Waals surface area contributed by atoms with Crippen molar-refractivity contribution in [1.29, 1.82) is 0 Å². The highest BCUT2D eigenvalue weighted by Gasteiger charge is 2.32. The zero-order chi connectivity index (χ0) is 15.7. The minimum absolute atomic E-state index is 0.240. The Kier molecular flexibility index (Phi) is 4.43. The standard InChI is InChI=1S/C12H16F3N3O2S/c1-21(19,20)17-9-3-2-6-18(8-9)10-4-5-11(16-7-10)12(13,14)15/h4-5,7,9,17H,2-3,6,8H2,1H3. The van der Waals surface area contributed by atoms with E-state index in [1.807, 2.05) is 4.90 Å². The number of nitrogens with zero attached hydrogens (tertiary/aromatic N) is 2. The van der Waals surface area contributed by atoms with Crippen LogP contribution in [0.5, 0.6) is 0 Å². The van der Waals surface area contributed by atoms with E-state index in [1.165, 1.54) is 12.3 Å². The van der Waals surface area contributed by atoms with Crippen molar-refractivity contribution in [1.82, 2.24) is 9.71 Å². The summed E-state index contributed by atoms with van der Waals surface area (Å²) in [6.45, 7) is 1.08. The highest BCUT2D eigenvalue weighted by atomic mass is 32.2. The number of pyridine rings is 1. The number of hydrogen-bond donors (Lipinski definition) is 1. The van der Waals surface area contributed by atoms with Crippen molar-refractivity contribution >= 4 is 15.7 Å². The molecule has 1 aliphatic rings. The number of nitrogens with one attached hydrogen (secondary N) is 1. The van der Waals surface area contributed by atoms with Gasteiger partial charge in [-0.25, -0.2) is 18.1 Å². The SMILES string of the molecule is CS(=O)(=O)NC1CCCN(c2ccc(C(F)(F)F)nc2)C1. The molecule has 0 aromatic carbocycles. The maximum Gasteiger partial charge on any atom is 0.433 e. The fourth-order valence-electron chi connectivity index (χ4n) is 2.35. The van der Waals surface area contributed by atoms with Crippen molar-refractivity contribution in [2.45, 2.75) is 25.1 Å². The Bertz CT molecular complexity index is 587. The maximum absolute atomic E-state index is 12.5. The number of alkyl halides is 3. The molecule has 1 aromatic rings. The van der Waals surface area contributed by atoms with Crippen LogP contribution in [0.15, 0.2) is 18.3 Å². The summed E-state index contributed by atoms with van der Waals surface area (Å²) < 4.78 is 62.4. The second-order valence-corrected chi connectivity index (χ2v) is 6.85. The monoisotopic (exact) mass is 323 g/mol. The average Bonchev–Trinajstić information content (AvgIpc) is 2.36. The van der Waals surface area contributed by atoms with E-state index in [4.69, 9.17) is 0 Å². The molecular formula is C12H16F3N3O2S. The zero-order valence-corrected chi connectivity index (χ0v) is 12.2. The molecule has 0 spiro atoms. The molecule has 0 saturated carbocycles. The van der Waals surface area contributed by atoms with Gasteiger partial charge in [-0.15, -0.1) is 0 Å². The number of piperidine rings is 1. The van der Waals surface area contributed by atoms with Crippen molar-refractivity contribution < 1.29 is 21.6 Å². The molecule has 1 saturated heterocycles. The van der Waals surface area contributed by atoms with E-state index in [1.54, 1.807) is 0 Å². The number of sulfonamides is 1. The summed E-state index contributed by atoms with van der Waals surface area (Å²) in [5.41, 5.74) is -0.378. The third-order valence-corrected chi connectivity index (χ3v) is 3.97. The van der Waals surface area contributed by atoms with Crippen LogP contribution in [0.4, 0.5) is 18.9 Å². The summed E-state index contributed by atoms with van der Waals surface area (Å²) in [5, 5.41) is 0. The molecule has 21 heavy (non-hydrogen) atoms. The lowest BCUT2D eigenvalue weighted by molar-refractivity contribution is -0.141. The van der Waals surface area contributed by atoms with Crippen molar-refractivity contribution in [3.8, 4) is 0 Å². The quantitative estimate of drug-likeness (QED) is 0.918. The van der Waals surface area contributed by atoms with Crippen LogP contribution >= 0.6 is 0 Å². The molecule has 5 nitrogen and oxygen atoms in total. The fraction of sp³-hybridized carbons (Fsp3) is 0.583. The molecule has 1 fully saturated rings. The van der Waals surface area contributed by atoms with Gasteiger partial charge in [-0.05, 0) is 25.0 Å². The van der Waals surface area contributed by atoms with Gasteiger partial charge in [0.05, 0.1) is 18.1 Å². The van der Waals surface area contributed by atoms with Gasteiger partial charge in [-0.1, -0.05) is 0 Å². The van der Waals surface area contributed by atoms with E-state index in [2.05, 4.69) is 9.71 Å². The number of anilines is 1. The van der Waals surface area contributed by atoms with E-state index < -0.39 is 21.9 Å². The molecule has 1 atom stereocenters. The molecule has 2 rings (SSSR count). The topological polar surface area (TPSA) is 62.3 Å². The van der Waals surface area contributed by atoms with Crippen molar-refractivity contribution in [3.63, 3.8) is 0 Å². The molecule has 0 bridgehead atoms. The normalized spacial score (nSPS) is 20.6. The van der Waals surface area contributed by atoms with Crippen molar-refractivity contribution in [2.24, 2.45) is 0 Å². The Morgan fingerprint density at radius 3 is 2.62 bits per heavy atom. The van der Waals surface area contributed by atoms with Gasteiger partial charge in [-0.2, -0.15) is 13.2 Å². The number of halogens is 3. The molecule has 1 unspecified atom stereocenters. The first-order valence-electron chi connectivity index (χ1n) is 6.41. The highest BCUT2D eigenvalue weighted by molar-refractivity contribution is 7.88. The number of aromatic nitrogens is 1. The number of rotatable bonds is 3. The van der Waals surface area contributed by atoms with E-state index in [-0.39, 0.29) is 6.04 Å². The second-order valence-electron chi connectivity index (χ2n) is 5.07. The molecule has 1 N–H and O–H groups in total. The van der Waals surface area contributed by atoms with E-state index >= 15 is 0 Å². The van der Waals surface area contributed by atoms with Gasteiger partial charge in [0.2, 0.25) is 10.0 Å². The lowest BCUT2D eigenvalue weighted by atomic mass is 10.1. The minimum atomic E-state index is -4.46. The van der Waals surface area contributed by atoms with Crippen molar-refractivity contribution in [3.05, 3.63) is 24.0 Å². The predicted molar refractivity (Wildman–Crippen MR) is 72.5 cm³/mol. The fourth-order valence-corrected chi connectivity index (χ4v) is 3.15. The van der Waals surface area contributed by atoms with Crippen LogP contribution < -0.4 is 9.62 Å². The van der Waals surface area contributed by atoms with E-state index in [0.717, 1.165) is 18.7 Å². The first-order chi connectivity index (χ1) is 9.65. The minimum Gasteiger partial charge on any atom is -0.369 e. The van der Waals surface area contributed by atoms with Gasteiger partial charge in [0, 0.05) is 19.1 Å². The molecular weight excluding hydrogens is 307 g/mol. The molecule has 2 heterocycles. The molecule has 0 aliphatic carbocycles. The lowest BCUT2D eigenvalue weighted by Gasteiger charge is -2.34. The molecule has 0 radical (unpaired) electrons. The molecule has 118 valence electrons. The molecule has 9 heteroatoms. The summed E-state index contributed by atoms with van der Waals surface area (Å²) in [7, 11) is -3.30. The van der Waals surface area contributed by atoms with E-state index in [0.29, 0.717) is 25.2 Å². The Hall–Kier alpha value is -1.35. The highest BCUT2D eigenvalue weighted by Crippen LogP contribution is 2.29. The smallest absolute Gasteiger partial charge is 0.369 e.